The van der Waals surface area contributed by atoms with Crippen molar-refractivity contribution in [1.82, 2.24) is 4.57 Å². The second-order valence-corrected chi connectivity index (χ2v) is 2.75. The number of aryl methyl sites for hydroxylation is 1. The molecule has 1 aromatic rings. The first-order chi connectivity index (χ1) is 5.86. The van der Waals surface area contributed by atoms with Crippen LogP contribution < -0.4 is 0 Å². The normalized spacial score (nSPS) is 17.9. The molecule has 0 aliphatic carbocycles. The Kier molecular flexibility index (Phi) is 1.67. The number of nitrogens with zero attached hydrogens (tertiary/aromatic N) is 2. The molecule has 0 unspecified atom stereocenters. The summed E-state index contributed by atoms with van der Waals surface area (Å²) < 4.78 is 2.06. The number of aromatic nitrogens is 1. The van der Waals surface area contributed by atoms with Crippen LogP contribution in [-0.2, 0) is 7.05 Å². The summed E-state index contributed by atoms with van der Waals surface area (Å²) in [5.74, 6) is 0. The third-order valence-electron chi connectivity index (χ3n) is 1.86. The van der Waals surface area contributed by atoms with Crippen LogP contribution in [0.5, 0.6) is 0 Å². The van der Waals surface area contributed by atoms with Crippen LogP contribution in [0, 0.1) is 0 Å². The average molecular weight is 158 g/mol. The Labute approximate surface area is 71.6 Å². The molecule has 0 aromatic carbocycles. The minimum absolute atomic E-state index is 1.01. The van der Waals surface area contributed by atoms with Crippen LogP contribution in [0.2, 0.25) is 0 Å². The van der Waals surface area contributed by atoms with Gasteiger partial charge in [0.1, 0.15) is 0 Å². The van der Waals surface area contributed by atoms with Gasteiger partial charge in [0, 0.05) is 25.2 Å². The van der Waals surface area contributed by atoms with Gasteiger partial charge in [0.15, 0.2) is 0 Å². The largest absolute Gasteiger partial charge is 0.351 e. The zero-order valence-electron chi connectivity index (χ0n) is 6.94. The molecular formula is C10H10N2. The average Bonchev–Trinajstić information content (AvgIpc) is 2.65. The van der Waals surface area contributed by atoms with Crippen molar-refractivity contribution in [3.63, 3.8) is 0 Å². The van der Waals surface area contributed by atoms with E-state index in [1.807, 2.05) is 31.5 Å². The van der Waals surface area contributed by atoms with Gasteiger partial charge in [-0.25, -0.2) is 0 Å². The minimum atomic E-state index is 1.01. The van der Waals surface area contributed by atoms with Gasteiger partial charge >= 0.3 is 0 Å². The molecule has 0 saturated heterocycles. The summed E-state index contributed by atoms with van der Waals surface area (Å²) in [6, 6.07) is 4.09. The number of rotatable bonds is 1. The van der Waals surface area contributed by atoms with E-state index in [-0.39, 0.29) is 0 Å². The van der Waals surface area contributed by atoms with Gasteiger partial charge in [-0.05, 0) is 30.4 Å². The van der Waals surface area contributed by atoms with E-state index < -0.39 is 0 Å². The second-order valence-electron chi connectivity index (χ2n) is 2.75. The maximum absolute atomic E-state index is 4.16. The number of hydrogen-bond donors (Lipinski definition) is 0. The van der Waals surface area contributed by atoms with Gasteiger partial charge in [0.2, 0.25) is 0 Å². The van der Waals surface area contributed by atoms with Gasteiger partial charge in [-0.1, -0.05) is 0 Å². The minimum Gasteiger partial charge on any atom is -0.351 e. The number of allylic oxidation sites excluding steroid dienone is 2. The monoisotopic (exact) mass is 158 g/mol. The first kappa shape index (κ1) is 7.10. The predicted molar refractivity (Wildman–Crippen MR) is 51.0 cm³/mol. The summed E-state index contributed by atoms with van der Waals surface area (Å²) in [5, 5.41) is 0. The van der Waals surface area contributed by atoms with Crippen molar-refractivity contribution in [2.45, 2.75) is 0 Å². The smallest absolute Gasteiger partial charge is 0.0650 e. The Morgan fingerprint density at radius 2 is 2.42 bits per heavy atom. The quantitative estimate of drug-likeness (QED) is 0.595. The van der Waals surface area contributed by atoms with Crippen LogP contribution in [0.15, 0.2) is 41.2 Å². The van der Waals surface area contributed by atoms with Crippen LogP contribution in [-0.4, -0.2) is 10.8 Å². The van der Waals surface area contributed by atoms with Gasteiger partial charge in [0.25, 0.3) is 0 Å². The molecule has 60 valence electrons. The van der Waals surface area contributed by atoms with Crippen molar-refractivity contribution < 1.29 is 0 Å². The SMILES string of the molecule is Cn1cccc1/C=C1/C=CC=N1. The predicted octanol–water partition coefficient (Wildman–Crippen LogP) is 2.01. The van der Waals surface area contributed by atoms with Gasteiger partial charge in [-0.15, -0.1) is 0 Å². The van der Waals surface area contributed by atoms with Crippen LogP contribution >= 0.6 is 0 Å². The molecule has 1 aliphatic rings. The molecule has 2 heterocycles. The van der Waals surface area contributed by atoms with Gasteiger partial charge in [0.05, 0.1) is 5.70 Å². The van der Waals surface area contributed by atoms with Crippen molar-refractivity contribution in [2.75, 3.05) is 0 Å². The highest BCUT2D eigenvalue weighted by atomic mass is 14.9. The van der Waals surface area contributed by atoms with E-state index in [1.54, 1.807) is 6.21 Å². The molecule has 1 aliphatic heterocycles. The number of aliphatic imine (C=N–C) groups is 1. The molecule has 2 heteroatoms. The van der Waals surface area contributed by atoms with Crippen molar-refractivity contribution in [3.8, 4) is 0 Å². The van der Waals surface area contributed by atoms with Crippen molar-refractivity contribution in [3.05, 3.63) is 41.9 Å². The van der Waals surface area contributed by atoms with Crippen LogP contribution in [0.25, 0.3) is 6.08 Å². The fraction of sp³-hybridized carbons (Fsp3) is 0.100. The topological polar surface area (TPSA) is 17.3 Å². The lowest BCUT2D eigenvalue weighted by molar-refractivity contribution is 0.914. The highest BCUT2D eigenvalue weighted by Crippen LogP contribution is 2.11. The summed E-state index contributed by atoms with van der Waals surface area (Å²) in [6.45, 7) is 0. The van der Waals surface area contributed by atoms with Gasteiger partial charge < -0.3 is 4.57 Å². The molecule has 0 N–H and O–H groups in total. The van der Waals surface area contributed by atoms with E-state index >= 15 is 0 Å². The van der Waals surface area contributed by atoms with Crippen LogP contribution in [0.4, 0.5) is 0 Å². The first-order valence-corrected chi connectivity index (χ1v) is 3.90. The lowest BCUT2D eigenvalue weighted by atomic mass is 10.3. The second kappa shape index (κ2) is 2.81. The maximum Gasteiger partial charge on any atom is 0.0650 e. The summed E-state index contributed by atoms with van der Waals surface area (Å²) in [6.07, 6.45) is 9.81. The Morgan fingerprint density at radius 3 is 3.00 bits per heavy atom. The molecule has 0 atom stereocenters. The van der Waals surface area contributed by atoms with Crippen molar-refractivity contribution in [2.24, 2.45) is 12.0 Å². The Morgan fingerprint density at radius 1 is 1.50 bits per heavy atom. The third kappa shape index (κ3) is 1.23. The van der Waals surface area contributed by atoms with Crippen LogP contribution in [0.1, 0.15) is 5.69 Å². The van der Waals surface area contributed by atoms with E-state index in [0.717, 1.165) is 5.70 Å². The molecule has 2 nitrogen and oxygen atoms in total. The molecule has 0 radical (unpaired) electrons. The van der Waals surface area contributed by atoms with E-state index in [4.69, 9.17) is 0 Å². The molecule has 0 spiro atoms. The zero-order chi connectivity index (χ0) is 8.39. The molecule has 0 amide bonds. The van der Waals surface area contributed by atoms with E-state index in [1.165, 1.54) is 5.69 Å². The van der Waals surface area contributed by atoms with Crippen molar-refractivity contribution >= 4 is 12.3 Å². The Balaban J connectivity index is 2.34. The third-order valence-corrected chi connectivity index (χ3v) is 1.86. The van der Waals surface area contributed by atoms with E-state index in [9.17, 15) is 0 Å². The summed E-state index contributed by atoms with van der Waals surface area (Å²) in [4.78, 5) is 4.16. The molecule has 12 heavy (non-hydrogen) atoms. The fourth-order valence-electron chi connectivity index (χ4n) is 1.17. The summed E-state index contributed by atoms with van der Waals surface area (Å²) in [7, 11) is 2.02. The summed E-state index contributed by atoms with van der Waals surface area (Å²) >= 11 is 0. The molecule has 0 saturated carbocycles. The van der Waals surface area contributed by atoms with E-state index in [0.29, 0.717) is 0 Å². The van der Waals surface area contributed by atoms with Gasteiger partial charge in [-0.2, -0.15) is 0 Å². The maximum atomic E-state index is 4.16. The molecular weight excluding hydrogens is 148 g/mol. The fourth-order valence-corrected chi connectivity index (χ4v) is 1.17. The highest BCUT2D eigenvalue weighted by molar-refractivity contribution is 5.79. The number of hydrogen-bond acceptors (Lipinski definition) is 1. The Hall–Kier alpha value is -1.57. The highest BCUT2D eigenvalue weighted by Gasteiger charge is 1.96. The zero-order valence-corrected chi connectivity index (χ0v) is 6.94. The molecule has 0 bridgehead atoms. The van der Waals surface area contributed by atoms with Gasteiger partial charge in [-0.3, -0.25) is 4.99 Å². The van der Waals surface area contributed by atoms with E-state index in [2.05, 4.69) is 21.7 Å². The first-order valence-electron chi connectivity index (χ1n) is 3.90. The lowest BCUT2D eigenvalue weighted by Gasteiger charge is -1.95. The molecule has 1 aromatic heterocycles. The molecule has 2 rings (SSSR count). The lowest BCUT2D eigenvalue weighted by Crippen LogP contribution is -1.87. The summed E-state index contributed by atoms with van der Waals surface area (Å²) in [5.41, 5.74) is 2.19. The standard InChI is InChI=1S/C10H10N2/c1-12-7-3-5-10(12)8-9-4-2-6-11-9/h2-8H,1H3/b9-8-. The Bertz CT molecular complexity index is 353. The van der Waals surface area contributed by atoms with Crippen molar-refractivity contribution in [1.29, 1.82) is 0 Å². The molecule has 0 fully saturated rings. The van der Waals surface area contributed by atoms with Crippen LogP contribution in [0.3, 0.4) is 0 Å².